The number of anilines is 1. The van der Waals surface area contributed by atoms with Crippen LogP contribution in [0.4, 0.5) is 14.5 Å². The Hall–Kier alpha value is -2.47. The van der Waals surface area contributed by atoms with Gasteiger partial charge in [-0.2, -0.15) is 0 Å². The molecule has 0 radical (unpaired) electrons. The van der Waals surface area contributed by atoms with Crippen molar-refractivity contribution in [2.45, 2.75) is 6.54 Å². The minimum Gasteiger partial charge on any atom is -0.481 e. The Morgan fingerprint density at radius 2 is 2.00 bits per heavy atom. The van der Waals surface area contributed by atoms with E-state index in [9.17, 15) is 13.6 Å². The second kappa shape index (κ2) is 6.81. The summed E-state index contributed by atoms with van der Waals surface area (Å²) in [5.41, 5.74) is 6.95. The highest BCUT2D eigenvalue weighted by molar-refractivity contribution is 5.91. The van der Waals surface area contributed by atoms with Gasteiger partial charge >= 0.3 is 0 Å². The molecule has 2 aromatic carbocycles. The molecule has 0 saturated carbocycles. The third kappa shape index (κ3) is 4.25. The second-order valence-corrected chi connectivity index (χ2v) is 4.32. The van der Waals surface area contributed by atoms with Gasteiger partial charge in [0.1, 0.15) is 5.82 Å². The number of hydrogen-bond donors (Lipinski definition) is 2. The van der Waals surface area contributed by atoms with Crippen LogP contribution < -0.4 is 15.8 Å². The van der Waals surface area contributed by atoms with Gasteiger partial charge in [0.25, 0.3) is 5.91 Å². The van der Waals surface area contributed by atoms with Crippen LogP contribution >= 0.6 is 0 Å². The first-order valence-electron chi connectivity index (χ1n) is 6.25. The Balaban J connectivity index is 1.92. The van der Waals surface area contributed by atoms with E-state index in [2.05, 4.69) is 5.32 Å². The highest BCUT2D eigenvalue weighted by Crippen LogP contribution is 2.17. The number of benzene rings is 2. The molecular formula is C15H14F2N2O2. The topological polar surface area (TPSA) is 64.3 Å². The fourth-order valence-electron chi connectivity index (χ4n) is 1.71. The van der Waals surface area contributed by atoms with Gasteiger partial charge in [0, 0.05) is 18.3 Å². The molecule has 2 rings (SSSR count). The predicted octanol–water partition coefficient (Wildman–Crippen LogP) is 2.44. The van der Waals surface area contributed by atoms with E-state index in [1.807, 2.05) is 6.07 Å². The van der Waals surface area contributed by atoms with Gasteiger partial charge in [-0.3, -0.25) is 4.79 Å². The molecule has 3 N–H and O–H groups in total. The van der Waals surface area contributed by atoms with Crippen molar-refractivity contribution in [3.8, 4) is 5.75 Å². The molecule has 0 aliphatic heterocycles. The molecule has 4 nitrogen and oxygen atoms in total. The van der Waals surface area contributed by atoms with Crippen molar-refractivity contribution in [2.24, 2.45) is 5.73 Å². The minimum absolute atomic E-state index is 0.178. The molecule has 0 unspecified atom stereocenters. The monoisotopic (exact) mass is 292 g/mol. The zero-order valence-electron chi connectivity index (χ0n) is 11.1. The molecule has 0 heterocycles. The first-order valence-corrected chi connectivity index (χ1v) is 6.25. The van der Waals surface area contributed by atoms with Crippen molar-refractivity contribution < 1.29 is 18.3 Å². The molecule has 21 heavy (non-hydrogen) atoms. The van der Waals surface area contributed by atoms with Crippen LogP contribution in [0.1, 0.15) is 5.56 Å². The van der Waals surface area contributed by atoms with Gasteiger partial charge in [0.2, 0.25) is 0 Å². The number of hydrogen-bond acceptors (Lipinski definition) is 3. The Kier molecular flexibility index (Phi) is 4.84. The van der Waals surface area contributed by atoms with E-state index >= 15 is 0 Å². The molecule has 0 spiro atoms. The number of carbonyl (C=O) groups excluding carboxylic acids is 1. The van der Waals surface area contributed by atoms with E-state index < -0.39 is 17.5 Å². The normalized spacial score (nSPS) is 10.2. The molecule has 2 aromatic rings. The predicted molar refractivity (Wildman–Crippen MR) is 74.8 cm³/mol. The van der Waals surface area contributed by atoms with E-state index in [0.717, 1.165) is 17.7 Å². The van der Waals surface area contributed by atoms with Crippen molar-refractivity contribution in [1.82, 2.24) is 0 Å². The minimum atomic E-state index is -0.854. The van der Waals surface area contributed by atoms with E-state index in [0.29, 0.717) is 18.3 Å². The van der Waals surface area contributed by atoms with Gasteiger partial charge in [0.05, 0.1) is 0 Å². The van der Waals surface area contributed by atoms with Crippen LogP contribution in [-0.2, 0) is 11.3 Å². The van der Waals surface area contributed by atoms with Crippen LogP contribution in [-0.4, -0.2) is 12.5 Å². The first-order chi connectivity index (χ1) is 10.1. The van der Waals surface area contributed by atoms with Crippen molar-refractivity contribution in [2.75, 3.05) is 11.9 Å². The average molecular weight is 292 g/mol. The van der Waals surface area contributed by atoms with E-state index in [-0.39, 0.29) is 12.4 Å². The van der Waals surface area contributed by atoms with E-state index in [4.69, 9.17) is 10.5 Å². The summed E-state index contributed by atoms with van der Waals surface area (Å²) in [7, 11) is 0. The van der Waals surface area contributed by atoms with Gasteiger partial charge in [-0.1, -0.05) is 12.1 Å². The Morgan fingerprint density at radius 1 is 1.19 bits per heavy atom. The number of nitrogens with one attached hydrogen (secondary N) is 1. The van der Waals surface area contributed by atoms with Crippen molar-refractivity contribution in [3.05, 3.63) is 59.7 Å². The Labute approximate surface area is 120 Å². The molecule has 6 heteroatoms. The van der Waals surface area contributed by atoms with Crippen molar-refractivity contribution in [3.63, 3.8) is 0 Å². The zero-order chi connectivity index (χ0) is 15.2. The lowest BCUT2D eigenvalue weighted by molar-refractivity contribution is -0.118. The third-order valence-electron chi connectivity index (χ3n) is 2.70. The SMILES string of the molecule is NCc1cccc(NC(=O)COc2ccc(F)cc2F)c1. The second-order valence-electron chi connectivity index (χ2n) is 4.32. The average Bonchev–Trinajstić information content (AvgIpc) is 2.46. The molecule has 0 aliphatic rings. The molecule has 110 valence electrons. The zero-order valence-corrected chi connectivity index (χ0v) is 11.1. The van der Waals surface area contributed by atoms with Gasteiger partial charge in [-0.25, -0.2) is 8.78 Å². The Bertz CT molecular complexity index is 647. The lowest BCUT2D eigenvalue weighted by Crippen LogP contribution is -2.20. The maximum Gasteiger partial charge on any atom is 0.262 e. The lowest BCUT2D eigenvalue weighted by atomic mass is 10.2. The summed E-state index contributed by atoms with van der Waals surface area (Å²) in [4.78, 5) is 11.7. The fraction of sp³-hybridized carbons (Fsp3) is 0.133. The molecule has 0 fully saturated rings. The number of rotatable bonds is 5. The quantitative estimate of drug-likeness (QED) is 0.889. The number of halogens is 2. The molecule has 0 saturated heterocycles. The summed E-state index contributed by atoms with van der Waals surface area (Å²) in [5, 5.41) is 2.60. The summed E-state index contributed by atoms with van der Waals surface area (Å²) < 4.78 is 31.0. The fourth-order valence-corrected chi connectivity index (χ4v) is 1.71. The van der Waals surface area contributed by atoms with Gasteiger partial charge < -0.3 is 15.8 Å². The molecular weight excluding hydrogens is 278 g/mol. The van der Waals surface area contributed by atoms with Crippen molar-refractivity contribution in [1.29, 1.82) is 0 Å². The Morgan fingerprint density at radius 3 is 2.71 bits per heavy atom. The van der Waals surface area contributed by atoms with Gasteiger partial charge in [-0.05, 0) is 29.8 Å². The van der Waals surface area contributed by atoms with Gasteiger partial charge in [-0.15, -0.1) is 0 Å². The van der Waals surface area contributed by atoms with Crippen molar-refractivity contribution >= 4 is 11.6 Å². The summed E-state index contributed by atoms with van der Waals surface area (Å²) in [5.74, 6) is -2.19. The maximum atomic E-state index is 13.3. The molecule has 0 aliphatic carbocycles. The lowest BCUT2D eigenvalue weighted by Gasteiger charge is -2.09. The van der Waals surface area contributed by atoms with Gasteiger partial charge in [0.15, 0.2) is 18.2 Å². The number of ether oxygens (including phenoxy) is 1. The largest absolute Gasteiger partial charge is 0.481 e. The van der Waals surface area contributed by atoms with Crippen LogP contribution in [0.5, 0.6) is 5.75 Å². The highest BCUT2D eigenvalue weighted by atomic mass is 19.1. The number of nitrogens with two attached hydrogens (primary N) is 1. The number of carbonyl (C=O) groups is 1. The van der Waals surface area contributed by atoms with E-state index in [1.54, 1.807) is 18.2 Å². The smallest absolute Gasteiger partial charge is 0.262 e. The molecule has 0 bridgehead atoms. The summed E-state index contributed by atoms with van der Waals surface area (Å²) in [6.45, 7) is -0.0175. The summed E-state index contributed by atoms with van der Waals surface area (Å²) in [6, 6.07) is 9.91. The molecule has 0 atom stereocenters. The molecule has 1 amide bonds. The van der Waals surface area contributed by atoms with Crippen LogP contribution in [0, 0.1) is 11.6 Å². The highest BCUT2D eigenvalue weighted by Gasteiger charge is 2.08. The van der Waals surface area contributed by atoms with Crippen LogP contribution in [0.15, 0.2) is 42.5 Å². The summed E-state index contributed by atoms with van der Waals surface area (Å²) >= 11 is 0. The van der Waals surface area contributed by atoms with E-state index in [1.165, 1.54) is 0 Å². The standard InChI is InChI=1S/C15H14F2N2O2/c16-11-4-5-14(13(17)7-11)21-9-15(20)19-12-3-1-2-10(6-12)8-18/h1-7H,8-9,18H2,(H,19,20). The molecule has 0 aromatic heterocycles. The number of amides is 1. The van der Waals surface area contributed by atoms with Crippen LogP contribution in [0.2, 0.25) is 0 Å². The third-order valence-corrected chi connectivity index (χ3v) is 2.70. The van der Waals surface area contributed by atoms with Crippen LogP contribution in [0.3, 0.4) is 0 Å². The van der Waals surface area contributed by atoms with Crippen LogP contribution in [0.25, 0.3) is 0 Å². The maximum absolute atomic E-state index is 13.3. The first kappa shape index (κ1) is 14.9. The summed E-state index contributed by atoms with van der Waals surface area (Å²) in [6.07, 6.45) is 0.